The molecule has 3 heterocycles. The summed E-state index contributed by atoms with van der Waals surface area (Å²) in [5, 5.41) is 24.0. The zero-order chi connectivity index (χ0) is 41.2. The predicted octanol–water partition coefficient (Wildman–Crippen LogP) is 7.50. The Hall–Kier alpha value is -4.08. The van der Waals surface area contributed by atoms with Crippen molar-refractivity contribution in [2.45, 2.75) is 70.8 Å². The molecule has 0 spiro atoms. The highest BCUT2D eigenvalue weighted by molar-refractivity contribution is 14.1. The number of rotatable bonds is 13. The van der Waals surface area contributed by atoms with Gasteiger partial charge in [-0.25, -0.2) is 0 Å². The quantitative estimate of drug-likeness (QED) is 0.0614. The number of fused-ring (bicyclic) bond motifs is 3. The van der Waals surface area contributed by atoms with Gasteiger partial charge in [0.15, 0.2) is 11.5 Å². The Morgan fingerprint density at radius 1 is 1.00 bits per heavy atom. The second-order valence-electron chi connectivity index (χ2n) is 16.6. The van der Waals surface area contributed by atoms with Gasteiger partial charge in [-0.3, -0.25) is 19.5 Å². The van der Waals surface area contributed by atoms with Crippen molar-refractivity contribution in [1.29, 1.82) is 0 Å². The Labute approximate surface area is 356 Å². The first-order chi connectivity index (χ1) is 27.9. The molecule has 1 aliphatic carbocycles. The van der Waals surface area contributed by atoms with Crippen LogP contribution in [0, 0.1) is 21.3 Å². The molecule has 0 saturated carbocycles. The summed E-state index contributed by atoms with van der Waals surface area (Å²) < 4.78 is 20.1. The first kappa shape index (κ1) is 42.1. The van der Waals surface area contributed by atoms with E-state index in [0.29, 0.717) is 41.5 Å². The van der Waals surface area contributed by atoms with E-state index >= 15 is 0 Å². The van der Waals surface area contributed by atoms with Crippen molar-refractivity contribution in [2.75, 3.05) is 20.3 Å². The number of methoxy groups -OCH3 is 1. The van der Waals surface area contributed by atoms with E-state index in [1.54, 1.807) is 12.3 Å². The van der Waals surface area contributed by atoms with Crippen molar-refractivity contribution in [3.05, 3.63) is 123 Å². The van der Waals surface area contributed by atoms with E-state index in [-0.39, 0.29) is 41.4 Å². The SMILES string of the molecule is CCCN1C(=O)[C@@H]2[C@@H](CC(CO[Si](c3ccccc3)(c3ccccc3)C(C)(C)C)=C3[C@@H](CC/C(=C/c4cc(I)c(O)c(OC)c4)c4ccccn4)OB(O)C[C@@H]32)C1=O. The molecule has 7 rings (SSSR count). The molecule has 9 nitrogen and oxygen atoms in total. The molecule has 1 aromatic heterocycles. The number of hydrogen-bond acceptors (Lipinski definition) is 8. The number of phenolic OH excluding ortho intramolecular Hbond substituents is 1. The third-order valence-electron chi connectivity index (χ3n) is 12.0. The standard InChI is InChI=1S/C46H52BIN2O7Si/c1-6-23-50-44(52)35-27-32(29-56-58(46(2,3)4,33-15-9-7-10-16-33)34-17-11-8-12-18-34)41-36(42(35)45(50)53)28-47(54)57-39(41)21-20-31(38-19-13-14-22-49-38)24-30-25-37(48)43(51)40(26-30)55-5/h7-19,22,24-26,35-36,39,42,51,54H,6,20-21,23,27-29H2,1-5H3/b31-24-/t35-,36+,39-,42-/m1/s1. The van der Waals surface area contributed by atoms with Crippen molar-refractivity contribution >= 4 is 71.9 Å². The second kappa shape index (κ2) is 17.6. The zero-order valence-corrected chi connectivity index (χ0v) is 37.0. The number of allylic oxidation sites excluding steroid dienone is 1. The van der Waals surface area contributed by atoms with Crippen LogP contribution in [0.3, 0.4) is 0 Å². The normalized spacial score (nSPS) is 21.3. The minimum atomic E-state index is -2.99. The predicted molar refractivity (Wildman–Crippen MR) is 239 cm³/mol. The molecule has 2 N–H and O–H groups in total. The topological polar surface area (TPSA) is 118 Å². The van der Waals surface area contributed by atoms with Crippen LogP contribution < -0.4 is 15.1 Å². The monoisotopic (exact) mass is 910 g/mol. The first-order valence-electron chi connectivity index (χ1n) is 20.2. The molecule has 2 amide bonds. The third-order valence-corrected chi connectivity index (χ3v) is 17.8. The number of carbonyl (C=O) groups is 2. The minimum absolute atomic E-state index is 0.0862. The maximum atomic E-state index is 14.2. The van der Waals surface area contributed by atoms with Crippen molar-refractivity contribution in [2.24, 2.45) is 17.8 Å². The van der Waals surface area contributed by atoms with Crippen LogP contribution in [0.5, 0.6) is 11.5 Å². The summed E-state index contributed by atoms with van der Waals surface area (Å²) in [5.74, 6) is -1.28. The number of pyridine rings is 1. The van der Waals surface area contributed by atoms with Gasteiger partial charge in [-0.15, -0.1) is 0 Å². The molecule has 302 valence electrons. The Balaban J connectivity index is 1.32. The number of benzene rings is 3. The van der Waals surface area contributed by atoms with Crippen LogP contribution in [-0.4, -0.2) is 73.6 Å². The van der Waals surface area contributed by atoms with Crippen LogP contribution in [0.2, 0.25) is 11.4 Å². The number of phenols is 1. The Morgan fingerprint density at radius 2 is 1.67 bits per heavy atom. The Bertz CT molecular complexity index is 2140. The molecule has 2 saturated heterocycles. The number of carbonyl (C=O) groups excluding carboxylic acids is 2. The first-order valence-corrected chi connectivity index (χ1v) is 23.2. The minimum Gasteiger partial charge on any atom is -0.504 e. The van der Waals surface area contributed by atoms with Gasteiger partial charge in [-0.2, -0.15) is 0 Å². The summed E-state index contributed by atoms with van der Waals surface area (Å²) >= 11 is 2.10. The molecule has 4 aromatic rings. The second-order valence-corrected chi connectivity index (χ2v) is 22.0. The maximum Gasteiger partial charge on any atom is 0.455 e. The zero-order valence-electron chi connectivity index (χ0n) is 33.9. The van der Waals surface area contributed by atoms with Crippen molar-refractivity contribution < 1.29 is 33.5 Å². The lowest BCUT2D eigenvalue weighted by atomic mass is 9.58. The lowest BCUT2D eigenvalue weighted by molar-refractivity contribution is -0.140. The van der Waals surface area contributed by atoms with Gasteiger partial charge in [0.1, 0.15) is 0 Å². The van der Waals surface area contributed by atoms with Crippen LogP contribution in [-0.2, 0) is 18.7 Å². The molecule has 2 fully saturated rings. The van der Waals surface area contributed by atoms with Gasteiger partial charge in [-0.05, 0) is 129 Å². The highest BCUT2D eigenvalue weighted by Crippen LogP contribution is 2.51. The lowest BCUT2D eigenvalue weighted by Crippen LogP contribution is -2.66. The average Bonchev–Trinajstić information content (AvgIpc) is 3.45. The van der Waals surface area contributed by atoms with Gasteiger partial charge >= 0.3 is 7.12 Å². The number of imide groups is 1. The van der Waals surface area contributed by atoms with Crippen LogP contribution >= 0.6 is 22.6 Å². The fraction of sp³-hybridized carbons (Fsp3) is 0.370. The van der Waals surface area contributed by atoms with Crippen LogP contribution in [0.1, 0.15) is 64.6 Å². The molecule has 0 bridgehead atoms. The summed E-state index contributed by atoms with van der Waals surface area (Å²) in [6, 6.07) is 30.5. The van der Waals surface area contributed by atoms with E-state index < -0.39 is 33.4 Å². The van der Waals surface area contributed by atoms with Crippen molar-refractivity contribution in [3.8, 4) is 11.5 Å². The lowest BCUT2D eigenvalue weighted by Gasteiger charge is -2.46. The van der Waals surface area contributed by atoms with Gasteiger partial charge < -0.3 is 23.9 Å². The largest absolute Gasteiger partial charge is 0.504 e. The molecule has 0 unspecified atom stereocenters. The summed E-state index contributed by atoms with van der Waals surface area (Å²) in [6.07, 6.45) is 5.56. The number of hydrogen-bond donors (Lipinski definition) is 2. The smallest absolute Gasteiger partial charge is 0.455 e. The van der Waals surface area contributed by atoms with Gasteiger partial charge in [-0.1, -0.05) is 94.4 Å². The Morgan fingerprint density at radius 3 is 2.28 bits per heavy atom. The number of ether oxygens (including phenoxy) is 1. The molecular formula is C46H52BIN2O7Si. The molecule has 2 aliphatic heterocycles. The van der Waals surface area contributed by atoms with E-state index in [0.717, 1.165) is 38.4 Å². The Kier molecular flexibility index (Phi) is 12.8. The van der Waals surface area contributed by atoms with E-state index in [4.69, 9.17) is 18.8 Å². The molecule has 4 atom stereocenters. The van der Waals surface area contributed by atoms with E-state index in [1.807, 2.05) is 49.4 Å². The fourth-order valence-electron chi connectivity index (χ4n) is 9.51. The van der Waals surface area contributed by atoms with Crippen LogP contribution in [0.25, 0.3) is 11.6 Å². The number of likely N-dealkylation sites (tertiary alicyclic amines) is 1. The fourth-order valence-corrected chi connectivity index (χ4v) is 14.7. The van der Waals surface area contributed by atoms with Crippen molar-refractivity contribution in [3.63, 3.8) is 0 Å². The highest BCUT2D eigenvalue weighted by Gasteiger charge is 2.58. The van der Waals surface area contributed by atoms with Gasteiger partial charge in [0, 0.05) is 12.7 Å². The molecular weight excluding hydrogens is 858 g/mol. The molecule has 3 aromatic carbocycles. The summed E-state index contributed by atoms with van der Waals surface area (Å²) in [6.45, 7) is 9.36. The van der Waals surface area contributed by atoms with Gasteiger partial charge in [0.2, 0.25) is 11.8 Å². The van der Waals surface area contributed by atoms with E-state index in [9.17, 15) is 19.7 Å². The number of halogens is 1. The molecule has 0 radical (unpaired) electrons. The summed E-state index contributed by atoms with van der Waals surface area (Å²) in [7, 11) is -2.57. The number of aromatic hydroxyl groups is 1. The van der Waals surface area contributed by atoms with E-state index in [1.165, 1.54) is 12.0 Å². The summed E-state index contributed by atoms with van der Waals surface area (Å²) in [5.41, 5.74) is 4.52. The van der Waals surface area contributed by atoms with E-state index in [2.05, 4.69) is 91.9 Å². The maximum absolute atomic E-state index is 14.2. The average molecular weight is 911 g/mol. The van der Waals surface area contributed by atoms with Crippen LogP contribution in [0.4, 0.5) is 0 Å². The van der Waals surface area contributed by atoms with Crippen LogP contribution in [0.15, 0.2) is 108 Å². The number of aromatic nitrogens is 1. The van der Waals surface area contributed by atoms with Crippen molar-refractivity contribution in [1.82, 2.24) is 9.88 Å². The molecule has 12 heteroatoms. The highest BCUT2D eigenvalue weighted by atomic mass is 127. The number of amides is 2. The van der Waals surface area contributed by atoms with Gasteiger partial charge in [0.05, 0.1) is 40.9 Å². The summed E-state index contributed by atoms with van der Waals surface area (Å²) in [4.78, 5) is 34.4. The third kappa shape index (κ3) is 8.10. The van der Waals surface area contributed by atoms with Gasteiger partial charge in [0.25, 0.3) is 8.32 Å². The number of nitrogens with zero attached hydrogens (tertiary/aromatic N) is 2. The molecule has 58 heavy (non-hydrogen) atoms. The molecule has 3 aliphatic rings.